The monoisotopic (exact) mass is 220 g/mol. The van der Waals surface area contributed by atoms with Gasteiger partial charge in [-0.25, -0.2) is 0 Å². The standard InChI is InChI=1S/C14H24N2/c1-4-11(3)16-14(10-15)13-8-6-12(5-2)7-9-13/h6-9,11,14,16H,4-5,10,15H2,1-3H3. The van der Waals surface area contributed by atoms with Crippen LogP contribution in [0.4, 0.5) is 0 Å². The Bertz CT molecular complexity index is 292. The molecule has 0 amide bonds. The van der Waals surface area contributed by atoms with Crippen LogP contribution in [0.2, 0.25) is 0 Å². The average molecular weight is 220 g/mol. The van der Waals surface area contributed by atoms with Crippen LogP contribution in [0.15, 0.2) is 24.3 Å². The molecule has 0 aliphatic heterocycles. The van der Waals surface area contributed by atoms with Gasteiger partial charge in [0, 0.05) is 18.6 Å². The van der Waals surface area contributed by atoms with Crippen LogP contribution < -0.4 is 11.1 Å². The van der Waals surface area contributed by atoms with Gasteiger partial charge < -0.3 is 11.1 Å². The maximum Gasteiger partial charge on any atom is 0.0446 e. The van der Waals surface area contributed by atoms with Gasteiger partial charge in [0.05, 0.1) is 0 Å². The molecule has 0 aliphatic carbocycles. The molecule has 0 bridgehead atoms. The summed E-state index contributed by atoms with van der Waals surface area (Å²) in [6.07, 6.45) is 2.22. The third kappa shape index (κ3) is 3.62. The molecule has 3 N–H and O–H groups in total. The Hall–Kier alpha value is -0.860. The number of nitrogens with one attached hydrogen (secondary N) is 1. The van der Waals surface area contributed by atoms with Gasteiger partial charge in [0.25, 0.3) is 0 Å². The van der Waals surface area contributed by atoms with Gasteiger partial charge in [-0.2, -0.15) is 0 Å². The van der Waals surface area contributed by atoms with Crippen LogP contribution in [0.25, 0.3) is 0 Å². The van der Waals surface area contributed by atoms with E-state index in [1.807, 2.05) is 0 Å². The number of aryl methyl sites for hydroxylation is 1. The van der Waals surface area contributed by atoms with Crippen molar-refractivity contribution in [3.8, 4) is 0 Å². The van der Waals surface area contributed by atoms with E-state index in [-0.39, 0.29) is 6.04 Å². The maximum atomic E-state index is 5.82. The summed E-state index contributed by atoms with van der Waals surface area (Å²) in [6.45, 7) is 7.21. The van der Waals surface area contributed by atoms with Crippen molar-refractivity contribution in [1.82, 2.24) is 5.32 Å². The summed E-state index contributed by atoms with van der Waals surface area (Å²) in [4.78, 5) is 0. The van der Waals surface area contributed by atoms with E-state index in [0.29, 0.717) is 12.6 Å². The highest BCUT2D eigenvalue weighted by Gasteiger charge is 2.11. The Kier molecular flexibility index (Phi) is 5.50. The van der Waals surface area contributed by atoms with E-state index in [2.05, 4.69) is 50.4 Å². The second kappa shape index (κ2) is 6.66. The molecule has 90 valence electrons. The second-order valence-electron chi connectivity index (χ2n) is 4.36. The van der Waals surface area contributed by atoms with Crippen molar-refractivity contribution in [2.24, 2.45) is 5.73 Å². The number of rotatable bonds is 6. The van der Waals surface area contributed by atoms with E-state index < -0.39 is 0 Å². The normalized spacial score (nSPS) is 14.8. The Morgan fingerprint density at radius 1 is 1.19 bits per heavy atom. The maximum absolute atomic E-state index is 5.82. The zero-order chi connectivity index (χ0) is 12.0. The molecule has 0 spiro atoms. The van der Waals surface area contributed by atoms with E-state index in [9.17, 15) is 0 Å². The summed E-state index contributed by atoms with van der Waals surface area (Å²) in [6, 6.07) is 9.55. The zero-order valence-electron chi connectivity index (χ0n) is 10.7. The SMILES string of the molecule is CCc1ccc(C(CN)NC(C)CC)cc1. The molecule has 16 heavy (non-hydrogen) atoms. The first-order chi connectivity index (χ1) is 7.71. The molecule has 2 heteroatoms. The highest BCUT2D eigenvalue weighted by Crippen LogP contribution is 2.14. The smallest absolute Gasteiger partial charge is 0.0446 e. The zero-order valence-corrected chi connectivity index (χ0v) is 10.7. The lowest BCUT2D eigenvalue weighted by molar-refractivity contribution is 0.452. The number of hydrogen-bond acceptors (Lipinski definition) is 2. The fourth-order valence-electron chi connectivity index (χ4n) is 1.75. The van der Waals surface area contributed by atoms with Crippen LogP contribution in [0.3, 0.4) is 0 Å². The molecule has 0 aromatic heterocycles. The predicted molar refractivity (Wildman–Crippen MR) is 70.5 cm³/mol. The Balaban J connectivity index is 2.70. The third-order valence-electron chi connectivity index (χ3n) is 3.12. The fraction of sp³-hybridized carbons (Fsp3) is 0.571. The lowest BCUT2D eigenvalue weighted by Crippen LogP contribution is -2.34. The van der Waals surface area contributed by atoms with E-state index in [0.717, 1.165) is 12.8 Å². The molecule has 2 unspecified atom stereocenters. The first-order valence-corrected chi connectivity index (χ1v) is 6.26. The van der Waals surface area contributed by atoms with Crippen LogP contribution in [-0.4, -0.2) is 12.6 Å². The molecule has 2 atom stereocenters. The summed E-state index contributed by atoms with van der Waals surface area (Å²) in [7, 11) is 0. The summed E-state index contributed by atoms with van der Waals surface area (Å²) in [5.74, 6) is 0. The van der Waals surface area contributed by atoms with Crippen LogP contribution in [0, 0.1) is 0 Å². The molecule has 1 aromatic carbocycles. The molecule has 0 saturated heterocycles. The van der Waals surface area contributed by atoms with Crippen molar-refractivity contribution in [1.29, 1.82) is 0 Å². The first kappa shape index (κ1) is 13.2. The molecule has 0 saturated carbocycles. The van der Waals surface area contributed by atoms with Gasteiger partial charge in [-0.1, -0.05) is 38.1 Å². The van der Waals surface area contributed by atoms with E-state index in [1.54, 1.807) is 0 Å². The first-order valence-electron chi connectivity index (χ1n) is 6.26. The fourth-order valence-corrected chi connectivity index (χ4v) is 1.75. The van der Waals surface area contributed by atoms with E-state index in [4.69, 9.17) is 5.73 Å². The predicted octanol–water partition coefficient (Wildman–Crippen LogP) is 2.64. The van der Waals surface area contributed by atoms with Crippen molar-refractivity contribution in [2.45, 2.75) is 45.7 Å². The molecule has 2 nitrogen and oxygen atoms in total. The van der Waals surface area contributed by atoms with Crippen molar-refractivity contribution >= 4 is 0 Å². The molecular weight excluding hydrogens is 196 g/mol. The van der Waals surface area contributed by atoms with Crippen LogP contribution >= 0.6 is 0 Å². The number of benzene rings is 1. The van der Waals surface area contributed by atoms with E-state index >= 15 is 0 Å². The van der Waals surface area contributed by atoms with Crippen molar-refractivity contribution in [3.05, 3.63) is 35.4 Å². The Labute approximate surface area is 99.2 Å². The van der Waals surface area contributed by atoms with Gasteiger partial charge in [0.15, 0.2) is 0 Å². The minimum atomic E-state index is 0.279. The minimum absolute atomic E-state index is 0.279. The third-order valence-corrected chi connectivity index (χ3v) is 3.12. The summed E-state index contributed by atoms with van der Waals surface area (Å²) in [5, 5.41) is 3.55. The summed E-state index contributed by atoms with van der Waals surface area (Å²) < 4.78 is 0. The van der Waals surface area contributed by atoms with Crippen molar-refractivity contribution in [3.63, 3.8) is 0 Å². The Morgan fingerprint density at radius 2 is 1.81 bits per heavy atom. The van der Waals surface area contributed by atoms with E-state index in [1.165, 1.54) is 11.1 Å². The van der Waals surface area contributed by atoms with Gasteiger partial charge in [-0.3, -0.25) is 0 Å². The van der Waals surface area contributed by atoms with Crippen molar-refractivity contribution in [2.75, 3.05) is 6.54 Å². The Morgan fingerprint density at radius 3 is 2.25 bits per heavy atom. The quantitative estimate of drug-likeness (QED) is 0.773. The van der Waals surface area contributed by atoms with Crippen LogP contribution in [-0.2, 0) is 6.42 Å². The largest absolute Gasteiger partial charge is 0.329 e. The average Bonchev–Trinajstić information content (AvgIpc) is 2.35. The molecule has 0 heterocycles. The molecule has 1 aromatic rings. The minimum Gasteiger partial charge on any atom is -0.329 e. The lowest BCUT2D eigenvalue weighted by atomic mass is 10.0. The molecular formula is C14H24N2. The van der Waals surface area contributed by atoms with Gasteiger partial charge >= 0.3 is 0 Å². The van der Waals surface area contributed by atoms with Crippen LogP contribution in [0.1, 0.15) is 44.4 Å². The van der Waals surface area contributed by atoms with Crippen LogP contribution in [0.5, 0.6) is 0 Å². The summed E-state index contributed by atoms with van der Waals surface area (Å²) >= 11 is 0. The number of hydrogen-bond donors (Lipinski definition) is 2. The highest BCUT2D eigenvalue weighted by molar-refractivity contribution is 5.25. The van der Waals surface area contributed by atoms with Crippen molar-refractivity contribution < 1.29 is 0 Å². The topological polar surface area (TPSA) is 38.0 Å². The van der Waals surface area contributed by atoms with Gasteiger partial charge in [-0.15, -0.1) is 0 Å². The summed E-state index contributed by atoms with van der Waals surface area (Å²) in [5.41, 5.74) is 8.49. The van der Waals surface area contributed by atoms with Gasteiger partial charge in [0.1, 0.15) is 0 Å². The highest BCUT2D eigenvalue weighted by atomic mass is 15.0. The molecule has 0 radical (unpaired) electrons. The molecule has 0 aliphatic rings. The number of nitrogens with two attached hydrogens (primary N) is 1. The lowest BCUT2D eigenvalue weighted by Gasteiger charge is -2.21. The van der Waals surface area contributed by atoms with Gasteiger partial charge in [0.2, 0.25) is 0 Å². The molecule has 1 rings (SSSR count). The van der Waals surface area contributed by atoms with Gasteiger partial charge in [-0.05, 0) is 30.9 Å². The molecule has 0 fully saturated rings. The second-order valence-corrected chi connectivity index (χ2v) is 4.36.